The third-order valence-electron chi connectivity index (χ3n) is 2.49. The summed E-state index contributed by atoms with van der Waals surface area (Å²) in [5.41, 5.74) is 2.23. The third-order valence-corrected chi connectivity index (χ3v) is 3.63. The number of pyridine rings is 1. The molecule has 2 rings (SSSR count). The lowest BCUT2D eigenvalue weighted by Crippen LogP contribution is -1.92. The zero-order chi connectivity index (χ0) is 12.4. The largest absolute Gasteiger partial charge is 0.392 e. The fourth-order valence-electron chi connectivity index (χ4n) is 1.50. The van der Waals surface area contributed by atoms with Gasteiger partial charge in [-0.25, -0.2) is 8.78 Å². The van der Waals surface area contributed by atoms with Gasteiger partial charge in [-0.3, -0.25) is 4.98 Å². The molecule has 5 heteroatoms. The Labute approximate surface area is 102 Å². The standard InChI is InChI=1S/C12H11F2NOS/c1-7-9(6-16)4-8(5-15-7)10-2-3-11(17-10)12(13)14/h2-5,12,16H,6H2,1H3. The van der Waals surface area contributed by atoms with E-state index in [0.717, 1.165) is 33.0 Å². The van der Waals surface area contributed by atoms with Crippen molar-refractivity contribution in [3.05, 3.63) is 40.5 Å². The van der Waals surface area contributed by atoms with Crippen LogP contribution in [0.4, 0.5) is 8.78 Å². The molecule has 2 heterocycles. The Kier molecular flexibility index (Phi) is 3.49. The highest BCUT2D eigenvalue weighted by Gasteiger charge is 2.12. The molecule has 0 amide bonds. The first-order chi connectivity index (χ1) is 8.11. The van der Waals surface area contributed by atoms with E-state index in [1.54, 1.807) is 25.3 Å². The van der Waals surface area contributed by atoms with Crippen molar-refractivity contribution in [2.45, 2.75) is 20.0 Å². The second-order valence-electron chi connectivity index (χ2n) is 3.63. The SMILES string of the molecule is Cc1ncc(-c2ccc(C(F)F)s2)cc1CO. The van der Waals surface area contributed by atoms with Gasteiger partial charge in [0.05, 0.1) is 11.5 Å². The number of aromatic nitrogens is 1. The lowest BCUT2D eigenvalue weighted by Gasteiger charge is -2.03. The van der Waals surface area contributed by atoms with Crippen LogP contribution < -0.4 is 0 Å². The first kappa shape index (κ1) is 12.1. The highest BCUT2D eigenvalue weighted by molar-refractivity contribution is 7.15. The molecule has 2 nitrogen and oxygen atoms in total. The van der Waals surface area contributed by atoms with Crippen molar-refractivity contribution in [3.8, 4) is 10.4 Å². The van der Waals surface area contributed by atoms with Gasteiger partial charge in [-0.2, -0.15) is 0 Å². The molecule has 1 N–H and O–H groups in total. The Bertz CT molecular complexity index is 525. The summed E-state index contributed by atoms with van der Waals surface area (Å²) in [5, 5.41) is 9.13. The average molecular weight is 255 g/mol. The molecule has 0 aromatic carbocycles. The molecule has 0 spiro atoms. The summed E-state index contributed by atoms with van der Waals surface area (Å²) in [6, 6.07) is 4.85. The summed E-state index contributed by atoms with van der Waals surface area (Å²) in [5.74, 6) is 0. The highest BCUT2D eigenvalue weighted by atomic mass is 32.1. The molecular weight excluding hydrogens is 244 g/mol. The minimum atomic E-state index is -2.44. The maximum absolute atomic E-state index is 12.5. The number of hydrogen-bond acceptors (Lipinski definition) is 3. The lowest BCUT2D eigenvalue weighted by atomic mass is 10.1. The molecule has 0 saturated heterocycles. The van der Waals surface area contributed by atoms with Crippen molar-refractivity contribution in [2.75, 3.05) is 0 Å². The van der Waals surface area contributed by atoms with E-state index in [2.05, 4.69) is 4.98 Å². The van der Waals surface area contributed by atoms with Crippen LogP contribution in [0.2, 0.25) is 0 Å². The average Bonchev–Trinajstić information content (AvgIpc) is 2.79. The van der Waals surface area contributed by atoms with Gasteiger partial charge in [-0.1, -0.05) is 0 Å². The number of aliphatic hydroxyl groups excluding tert-OH is 1. The second kappa shape index (κ2) is 4.89. The van der Waals surface area contributed by atoms with Crippen LogP contribution in [0.5, 0.6) is 0 Å². The Morgan fingerprint density at radius 1 is 1.41 bits per heavy atom. The minimum Gasteiger partial charge on any atom is -0.392 e. The van der Waals surface area contributed by atoms with Gasteiger partial charge in [0.1, 0.15) is 0 Å². The third kappa shape index (κ3) is 2.50. The molecule has 2 aromatic rings. The number of alkyl halides is 2. The van der Waals surface area contributed by atoms with Crippen molar-refractivity contribution in [1.29, 1.82) is 0 Å². The summed E-state index contributed by atoms with van der Waals surface area (Å²) in [6.45, 7) is 1.70. The van der Waals surface area contributed by atoms with E-state index in [9.17, 15) is 8.78 Å². The monoisotopic (exact) mass is 255 g/mol. The molecule has 90 valence electrons. The second-order valence-corrected chi connectivity index (χ2v) is 4.74. The van der Waals surface area contributed by atoms with Gasteiger partial charge >= 0.3 is 0 Å². The van der Waals surface area contributed by atoms with E-state index in [1.807, 2.05) is 0 Å². The molecule has 0 aliphatic rings. The van der Waals surface area contributed by atoms with Gasteiger partial charge in [0.25, 0.3) is 6.43 Å². The minimum absolute atomic E-state index is 0.0473. The summed E-state index contributed by atoms with van der Waals surface area (Å²) in [4.78, 5) is 4.93. The van der Waals surface area contributed by atoms with Gasteiger partial charge in [0.15, 0.2) is 0 Å². The molecule has 0 saturated carbocycles. The fraction of sp³-hybridized carbons (Fsp3) is 0.250. The zero-order valence-electron chi connectivity index (χ0n) is 9.15. The van der Waals surface area contributed by atoms with Gasteiger partial charge < -0.3 is 5.11 Å². The van der Waals surface area contributed by atoms with Crippen LogP contribution in [-0.2, 0) is 6.61 Å². The normalized spacial score (nSPS) is 11.1. The highest BCUT2D eigenvalue weighted by Crippen LogP contribution is 2.33. The van der Waals surface area contributed by atoms with Crippen LogP contribution in [-0.4, -0.2) is 10.1 Å². The van der Waals surface area contributed by atoms with Crippen LogP contribution in [0.25, 0.3) is 10.4 Å². The number of nitrogens with zero attached hydrogens (tertiary/aromatic N) is 1. The van der Waals surface area contributed by atoms with E-state index in [-0.39, 0.29) is 11.5 Å². The number of aliphatic hydroxyl groups is 1. The van der Waals surface area contributed by atoms with Crippen molar-refractivity contribution in [2.24, 2.45) is 0 Å². The Balaban J connectivity index is 2.38. The molecular formula is C12H11F2NOS. The number of hydrogen-bond donors (Lipinski definition) is 1. The summed E-state index contributed by atoms with van der Waals surface area (Å²) >= 11 is 1.05. The maximum Gasteiger partial charge on any atom is 0.272 e. The molecule has 17 heavy (non-hydrogen) atoms. The first-order valence-corrected chi connectivity index (χ1v) is 5.88. The van der Waals surface area contributed by atoms with Crippen LogP contribution in [0.3, 0.4) is 0 Å². The number of halogens is 2. The molecule has 0 aliphatic carbocycles. The Morgan fingerprint density at radius 2 is 2.18 bits per heavy atom. The van der Waals surface area contributed by atoms with Crippen molar-refractivity contribution < 1.29 is 13.9 Å². The van der Waals surface area contributed by atoms with Crippen molar-refractivity contribution in [1.82, 2.24) is 4.98 Å². The van der Waals surface area contributed by atoms with E-state index in [1.165, 1.54) is 6.07 Å². The summed E-state index contributed by atoms with van der Waals surface area (Å²) in [7, 11) is 0. The summed E-state index contributed by atoms with van der Waals surface area (Å²) in [6.07, 6.45) is -0.806. The number of aryl methyl sites for hydroxylation is 1. The zero-order valence-corrected chi connectivity index (χ0v) is 9.97. The molecule has 0 fully saturated rings. The van der Waals surface area contributed by atoms with Crippen LogP contribution >= 0.6 is 11.3 Å². The van der Waals surface area contributed by atoms with Crippen molar-refractivity contribution >= 4 is 11.3 Å². The molecule has 0 bridgehead atoms. The van der Waals surface area contributed by atoms with E-state index in [4.69, 9.17) is 5.11 Å². The molecule has 0 radical (unpaired) electrons. The van der Waals surface area contributed by atoms with Crippen LogP contribution in [0.1, 0.15) is 22.6 Å². The van der Waals surface area contributed by atoms with Gasteiger partial charge in [0, 0.05) is 22.3 Å². The van der Waals surface area contributed by atoms with E-state index < -0.39 is 6.43 Å². The van der Waals surface area contributed by atoms with Crippen LogP contribution in [0, 0.1) is 6.92 Å². The molecule has 2 aromatic heterocycles. The van der Waals surface area contributed by atoms with E-state index in [0.29, 0.717) is 0 Å². The molecule has 0 aliphatic heterocycles. The van der Waals surface area contributed by atoms with Gasteiger partial charge in [-0.15, -0.1) is 11.3 Å². The van der Waals surface area contributed by atoms with Gasteiger partial charge in [0.2, 0.25) is 0 Å². The smallest absolute Gasteiger partial charge is 0.272 e. The fourth-order valence-corrected chi connectivity index (χ4v) is 2.34. The number of thiophene rings is 1. The van der Waals surface area contributed by atoms with Gasteiger partial charge in [-0.05, 0) is 30.7 Å². The number of rotatable bonds is 3. The van der Waals surface area contributed by atoms with Crippen molar-refractivity contribution in [3.63, 3.8) is 0 Å². The van der Waals surface area contributed by atoms with E-state index >= 15 is 0 Å². The maximum atomic E-state index is 12.5. The molecule has 0 unspecified atom stereocenters. The molecule has 0 atom stereocenters. The topological polar surface area (TPSA) is 33.1 Å². The predicted molar refractivity (Wildman–Crippen MR) is 63.2 cm³/mol. The lowest BCUT2D eigenvalue weighted by molar-refractivity contribution is 0.155. The summed E-state index contributed by atoms with van der Waals surface area (Å²) < 4.78 is 24.9. The first-order valence-electron chi connectivity index (χ1n) is 5.06. The quantitative estimate of drug-likeness (QED) is 0.909. The van der Waals surface area contributed by atoms with Crippen LogP contribution in [0.15, 0.2) is 24.4 Å². The Morgan fingerprint density at radius 3 is 2.76 bits per heavy atom. The predicted octanol–water partition coefficient (Wildman–Crippen LogP) is 3.55. The Hall–Kier alpha value is -1.33.